The van der Waals surface area contributed by atoms with Gasteiger partial charge in [0.1, 0.15) is 5.75 Å². The second kappa shape index (κ2) is 8.88. The normalized spacial score (nSPS) is 14.4. The van der Waals surface area contributed by atoms with Crippen LogP contribution in [0.25, 0.3) is 11.3 Å². The van der Waals surface area contributed by atoms with Crippen molar-refractivity contribution < 1.29 is 9.47 Å². The average molecular weight is 443 g/mol. The van der Waals surface area contributed by atoms with Crippen molar-refractivity contribution >= 4 is 17.4 Å². The molecule has 0 saturated heterocycles. The summed E-state index contributed by atoms with van der Waals surface area (Å²) in [6.07, 6.45) is -0.445. The maximum Gasteiger partial charge on any atom is 0.247 e. The van der Waals surface area contributed by atoms with E-state index in [9.17, 15) is 0 Å². The molecular weight excluding hydrogens is 420 g/mol. The highest BCUT2D eigenvalue weighted by Gasteiger charge is 2.26. The van der Waals surface area contributed by atoms with E-state index in [1.165, 1.54) is 22.9 Å². The zero-order valence-electron chi connectivity index (χ0n) is 17.8. The Balaban J connectivity index is 1.48. The predicted octanol–water partition coefficient (Wildman–Crippen LogP) is 5.65. The molecule has 0 fully saturated rings. The minimum atomic E-state index is -0.445. The molecular formula is C25H22N4O2S. The van der Waals surface area contributed by atoms with Crippen molar-refractivity contribution in [3.8, 4) is 22.9 Å². The zero-order chi connectivity index (χ0) is 21.9. The summed E-state index contributed by atoms with van der Waals surface area (Å²) in [6.45, 7) is 2.08. The lowest BCUT2D eigenvalue weighted by atomic mass is 10.1. The summed E-state index contributed by atoms with van der Waals surface area (Å²) >= 11 is 1.54. The summed E-state index contributed by atoms with van der Waals surface area (Å²) in [5.41, 5.74) is 5.82. The summed E-state index contributed by atoms with van der Waals surface area (Å²) in [5.74, 6) is 1.98. The molecule has 7 heteroatoms. The predicted molar refractivity (Wildman–Crippen MR) is 126 cm³/mol. The van der Waals surface area contributed by atoms with Crippen LogP contribution in [0.15, 0.2) is 78.0 Å². The van der Waals surface area contributed by atoms with Crippen LogP contribution in [0.4, 0.5) is 5.69 Å². The van der Waals surface area contributed by atoms with Crippen LogP contribution >= 0.6 is 11.8 Å². The molecule has 0 saturated carbocycles. The van der Waals surface area contributed by atoms with Gasteiger partial charge in [-0.3, -0.25) is 0 Å². The van der Waals surface area contributed by atoms with Gasteiger partial charge in [-0.2, -0.15) is 4.98 Å². The van der Waals surface area contributed by atoms with E-state index in [4.69, 9.17) is 14.5 Å². The molecule has 32 heavy (non-hydrogen) atoms. The molecule has 5 rings (SSSR count). The Hall–Kier alpha value is -3.58. The van der Waals surface area contributed by atoms with Crippen molar-refractivity contribution in [2.24, 2.45) is 0 Å². The molecule has 0 spiro atoms. The first-order valence-electron chi connectivity index (χ1n) is 10.3. The number of hydrogen-bond acceptors (Lipinski definition) is 7. The molecule has 160 valence electrons. The highest BCUT2D eigenvalue weighted by molar-refractivity contribution is 7.98. The molecule has 4 aromatic rings. The van der Waals surface area contributed by atoms with Gasteiger partial charge in [-0.1, -0.05) is 71.9 Å². The van der Waals surface area contributed by atoms with Crippen LogP contribution in [0, 0.1) is 6.92 Å². The van der Waals surface area contributed by atoms with E-state index >= 15 is 0 Å². The molecule has 1 aliphatic rings. The van der Waals surface area contributed by atoms with Gasteiger partial charge >= 0.3 is 0 Å². The van der Waals surface area contributed by atoms with Gasteiger partial charge in [0.25, 0.3) is 0 Å². The number of anilines is 1. The van der Waals surface area contributed by atoms with Crippen molar-refractivity contribution in [3.05, 3.63) is 89.5 Å². The highest BCUT2D eigenvalue weighted by atomic mass is 32.2. The Bertz CT molecular complexity index is 1250. The molecule has 1 N–H and O–H groups in total. The van der Waals surface area contributed by atoms with Gasteiger partial charge in [0, 0.05) is 22.6 Å². The van der Waals surface area contributed by atoms with Crippen molar-refractivity contribution in [1.29, 1.82) is 0 Å². The number of fused-ring (bicyclic) bond motifs is 3. The number of rotatable bonds is 5. The number of methoxy groups -OCH3 is 1. The van der Waals surface area contributed by atoms with E-state index in [0.717, 1.165) is 28.3 Å². The Labute approximate surface area is 191 Å². The summed E-state index contributed by atoms with van der Waals surface area (Å²) in [6, 6.07) is 24.2. The monoisotopic (exact) mass is 442 g/mol. The third-order valence-electron chi connectivity index (χ3n) is 5.22. The summed E-state index contributed by atoms with van der Waals surface area (Å²) < 4.78 is 11.7. The lowest BCUT2D eigenvalue weighted by molar-refractivity contribution is 0.224. The Morgan fingerprint density at radius 2 is 1.84 bits per heavy atom. The molecule has 1 aliphatic heterocycles. The number of benzene rings is 3. The second-order valence-corrected chi connectivity index (χ2v) is 8.43. The number of para-hydroxylation sites is 1. The number of ether oxygens (including phenoxy) is 2. The smallest absolute Gasteiger partial charge is 0.247 e. The van der Waals surface area contributed by atoms with Gasteiger partial charge in [-0.05, 0) is 30.7 Å². The van der Waals surface area contributed by atoms with E-state index in [-0.39, 0.29) is 0 Å². The maximum atomic E-state index is 6.34. The zero-order valence-corrected chi connectivity index (χ0v) is 18.6. The summed E-state index contributed by atoms with van der Waals surface area (Å²) in [4.78, 5) is 4.72. The molecule has 0 radical (unpaired) electrons. The Morgan fingerprint density at radius 1 is 1.00 bits per heavy atom. The maximum absolute atomic E-state index is 6.34. The lowest BCUT2D eigenvalue weighted by Gasteiger charge is -2.19. The van der Waals surface area contributed by atoms with E-state index in [0.29, 0.717) is 16.7 Å². The number of nitrogens with zero attached hydrogens (tertiary/aromatic N) is 3. The van der Waals surface area contributed by atoms with Crippen LogP contribution in [0.1, 0.15) is 22.9 Å². The van der Waals surface area contributed by atoms with Gasteiger partial charge in [0.2, 0.25) is 11.0 Å². The molecule has 1 atom stereocenters. The van der Waals surface area contributed by atoms with Gasteiger partial charge in [-0.25, -0.2) is 0 Å². The molecule has 2 heterocycles. The fourth-order valence-corrected chi connectivity index (χ4v) is 4.23. The van der Waals surface area contributed by atoms with Crippen LogP contribution in [0.3, 0.4) is 0 Å². The standard InChI is InChI=1S/C25H22N4O2S/c1-16-10-12-17(13-11-16)15-32-25-27-24-22(28-29-25)20-8-3-4-9-21(20)26-23(31-24)18-6-5-7-19(14-18)30-2/h3-14,23,26H,15H2,1-2H3. The molecule has 0 bridgehead atoms. The first-order valence-corrected chi connectivity index (χ1v) is 11.3. The van der Waals surface area contributed by atoms with E-state index in [1.54, 1.807) is 7.11 Å². The summed E-state index contributed by atoms with van der Waals surface area (Å²) in [5, 5.41) is 12.9. The fourth-order valence-electron chi connectivity index (χ4n) is 3.50. The quantitative estimate of drug-likeness (QED) is 0.401. The van der Waals surface area contributed by atoms with Crippen LogP contribution < -0.4 is 14.8 Å². The van der Waals surface area contributed by atoms with Gasteiger partial charge in [0.05, 0.1) is 7.11 Å². The number of hydrogen-bond donors (Lipinski definition) is 1. The largest absolute Gasteiger partial charge is 0.497 e. The van der Waals surface area contributed by atoms with Crippen molar-refractivity contribution in [2.75, 3.05) is 12.4 Å². The average Bonchev–Trinajstić information content (AvgIpc) is 3.00. The Kier molecular flexibility index (Phi) is 5.64. The minimum Gasteiger partial charge on any atom is -0.497 e. The third-order valence-corrected chi connectivity index (χ3v) is 6.13. The number of thioether (sulfide) groups is 1. The van der Waals surface area contributed by atoms with E-state index in [1.807, 2.05) is 48.5 Å². The SMILES string of the molecule is COc1cccc(C2Nc3ccccc3-c3nnc(SCc4ccc(C)cc4)nc3O2)c1. The van der Waals surface area contributed by atoms with Crippen molar-refractivity contribution in [2.45, 2.75) is 24.1 Å². The van der Waals surface area contributed by atoms with E-state index in [2.05, 4.69) is 46.7 Å². The third kappa shape index (κ3) is 4.24. The molecule has 0 aliphatic carbocycles. The highest BCUT2D eigenvalue weighted by Crippen LogP contribution is 2.40. The van der Waals surface area contributed by atoms with Crippen LogP contribution in [-0.4, -0.2) is 22.3 Å². The van der Waals surface area contributed by atoms with Gasteiger partial charge in [0.15, 0.2) is 11.9 Å². The number of nitrogens with one attached hydrogen (secondary N) is 1. The molecule has 3 aromatic carbocycles. The van der Waals surface area contributed by atoms with Crippen molar-refractivity contribution in [3.63, 3.8) is 0 Å². The molecule has 0 amide bonds. The first-order chi connectivity index (χ1) is 15.7. The van der Waals surface area contributed by atoms with Gasteiger partial charge in [-0.15, -0.1) is 10.2 Å². The molecule has 6 nitrogen and oxygen atoms in total. The number of aromatic nitrogens is 3. The fraction of sp³-hybridized carbons (Fsp3) is 0.160. The van der Waals surface area contributed by atoms with Crippen LogP contribution in [0.5, 0.6) is 11.6 Å². The van der Waals surface area contributed by atoms with Crippen LogP contribution in [-0.2, 0) is 5.75 Å². The van der Waals surface area contributed by atoms with Gasteiger partial charge < -0.3 is 14.8 Å². The minimum absolute atomic E-state index is 0.445. The lowest BCUT2D eigenvalue weighted by Crippen LogP contribution is -2.17. The van der Waals surface area contributed by atoms with E-state index < -0.39 is 6.23 Å². The topological polar surface area (TPSA) is 69.2 Å². The van der Waals surface area contributed by atoms with Crippen LogP contribution in [0.2, 0.25) is 0 Å². The Morgan fingerprint density at radius 3 is 2.69 bits per heavy atom. The first kappa shape index (κ1) is 20.3. The molecule has 1 aromatic heterocycles. The number of aryl methyl sites for hydroxylation is 1. The summed E-state index contributed by atoms with van der Waals surface area (Å²) in [7, 11) is 1.65. The van der Waals surface area contributed by atoms with Crippen molar-refractivity contribution in [1.82, 2.24) is 15.2 Å². The second-order valence-electron chi connectivity index (χ2n) is 7.49. The molecule has 1 unspecified atom stereocenters.